The Bertz CT molecular complexity index is 491. The Hall–Kier alpha value is -1.13. The summed E-state index contributed by atoms with van der Waals surface area (Å²) in [5.41, 5.74) is 5.01. The van der Waals surface area contributed by atoms with Crippen molar-refractivity contribution in [3.63, 3.8) is 0 Å². The highest BCUT2D eigenvalue weighted by Crippen LogP contribution is 2.22. The number of nitrogens with one attached hydrogen (secondary N) is 1. The Morgan fingerprint density at radius 3 is 2.56 bits per heavy atom. The predicted molar refractivity (Wildman–Crippen MR) is 74.3 cm³/mol. The number of hydrazone groups is 1. The van der Waals surface area contributed by atoms with Gasteiger partial charge in [-0.15, -0.1) is 11.3 Å². The van der Waals surface area contributed by atoms with Crippen LogP contribution in [0.3, 0.4) is 0 Å². The third-order valence-electron chi connectivity index (χ3n) is 2.06. The number of halogens is 1. The van der Waals surface area contributed by atoms with Crippen molar-refractivity contribution in [2.45, 2.75) is 6.92 Å². The molecule has 0 spiro atoms. The lowest BCUT2D eigenvalue weighted by Crippen LogP contribution is -1.96. The second-order valence-corrected chi connectivity index (χ2v) is 5.74. The normalized spacial score (nSPS) is 11.5. The van der Waals surface area contributed by atoms with Crippen molar-refractivity contribution in [2.24, 2.45) is 5.10 Å². The molecule has 0 radical (unpaired) electrons. The van der Waals surface area contributed by atoms with Crippen molar-refractivity contribution in [3.8, 4) is 0 Å². The third-order valence-corrected chi connectivity index (χ3v) is 3.79. The molecule has 0 aliphatic carbocycles. The summed E-state index contributed by atoms with van der Waals surface area (Å²) < 4.78 is 1.12. The maximum Gasteiger partial charge on any atom is 0.0748 e. The number of thiophene rings is 1. The topological polar surface area (TPSA) is 24.4 Å². The largest absolute Gasteiger partial charge is 0.278 e. The van der Waals surface area contributed by atoms with E-state index in [1.807, 2.05) is 43.3 Å². The molecule has 16 heavy (non-hydrogen) atoms. The average Bonchev–Trinajstić information content (AvgIpc) is 2.74. The minimum Gasteiger partial charge on any atom is -0.278 e. The zero-order valence-electron chi connectivity index (χ0n) is 8.77. The third kappa shape index (κ3) is 2.93. The molecule has 1 N–H and O–H groups in total. The lowest BCUT2D eigenvalue weighted by Gasteiger charge is -2.00. The molecular formula is C12H11BrN2S. The predicted octanol–water partition coefficient (Wildman–Crippen LogP) is 4.35. The van der Waals surface area contributed by atoms with Gasteiger partial charge in [0.1, 0.15) is 0 Å². The highest BCUT2D eigenvalue weighted by molar-refractivity contribution is 9.11. The number of para-hydroxylation sites is 1. The van der Waals surface area contributed by atoms with Crippen LogP contribution in [0.5, 0.6) is 0 Å². The van der Waals surface area contributed by atoms with Crippen molar-refractivity contribution >= 4 is 38.7 Å². The fraction of sp³-hybridized carbons (Fsp3) is 0.0833. The minimum absolute atomic E-state index is 0.986. The molecule has 2 rings (SSSR count). The van der Waals surface area contributed by atoms with Crippen molar-refractivity contribution in [1.82, 2.24) is 0 Å². The Balaban J connectivity index is 2.08. The molecule has 2 aromatic rings. The fourth-order valence-corrected chi connectivity index (χ4v) is 2.56. The van der Waals surface area contributed by atoms with Gasteiger partial charge in [0.15, 0.2) is 0 Å². The summed E-state index contributed by atoms with van der Waals surface area (Å²) in [5.74, 6) is 0. The number of anilines is 1. The lowest BCUT2D eigenvalue weighted by molar-refractivity contribution is 1.33. The first kappa shape index (κ1) is 11.4. The average molecular weight is 295 g/mol. The van der Waals surface area contributed by atoms with E-state index in [9.17, 15) is 0 Å². The molecule has 1 heterocycles. The number of benzene rings is 1. The molecule has 0 unspecified atom stereocenters. The van der Waals surface area contributed by atoms with Crippen LogP contribution >= 0.6 is 27.3 Å². The number of hydrogen-bond acceptors (Lipinski definition) is 3. The van der Waals surface area contributed by atoms with Crippen LogP contribution in [0.2, 0.25) is 0 Å². The van der Waals surface area contributed by atoms with Gasteiger partial charge in [-0.1, -0.05) is 18.2 Å². The van der Waals surface area contributed by atoms with Gasteiger partial charge in [0.2, 0.25) is 0 Å². The van der Waals surface area contributed by atoms with E-state index in [4.69, 9.17) is 0 Å². The van der Waals surface area contributed by atoms with Crippen LogP contribution in [0.4, 0.5) is 5.69 Å². The molecule has 82 valence electrons. The maximum absolute atomic E-state index is 4.33. The molecule has 0 saturated carbocycles. The number of rotatable bonds is 3. The molecule has 0 aliphatic rings. The number of hydrogen-bond donors (Lipinski definition) is 1. The molecule has 0 saturated heterocycles. The molecule has 0 aliphatic heterocycles. The Morgan fingerprint density at radius 1 is 1.19 bits per heavy atom. The minimum atomic E-state index is 0.986. The summed E-state index contributed by atoms with van der Waals surface area (Å²) in [6, 6.07) is 14.0. The van der Waals surface area contributed by atoms with Gasteiger partial charge in [0.25, 0.3) is 0 Å². The Morgan fingerprint density at radius 2 is 1.94 bits per heavy atom. The molecule has 0 fully saturated rings. The zero-order valence-corrected chi connectivity index (χ0v) is 11.2. The van der Waals surface area contributed by atoms with E-state index in [-0.39, 0.29) is 0 Å². The molecular weight excluding hydrogens is 284 g/mol. The fourth-order valence-electron chi connectivity index (χ4n) is 1.22. The van der Waals surface area contributed by atoms with Gasteiger partial charge in [-0.3, -0.25) is 5.43 Å². The van der Waals surface area contributed by atoms with E-state index in [1.165, 1.54) is 0 Å². The SMILES string of the molecule is CC(=NNc1ccccc1)c1ccc(Br)s1. The van der Waals surface area contributed by atoms with E-state index in [0.717, 1.165) is 20.1 Å². The van der Waals surface area contributed by atoms with Gasteiger partial charge >= 0.3 is 0 Å². The van der Waals surface area contributed by atoms with E-state index < -0.39 is 0 Å². The summed E-state index contributed by atoms with van der Waals surface area (Å²) in [5, 5.41) is 4.33. The van der Waals surface area contributed by atoms with Crippen molar-refractivity contribution < 1.29 is 0 Å². The van der Waals surface area contributed by atoms with E-state index in [1.54, 1.807) is 11.3 Å². The molecule has 0 bridgehead atoms. The summed E-state index contributed by atoms with van der Waals surface area (Å²) in [6.07, 6.45) is 0. The lowest BCUT2D eigenvalue weighted by atomic mass is 10.3. The quantitative estimate of drug-likeness (QED) is 0.661. The Labute approximate surface area is 107 Å². The van der Waals surface area contributed by atoms with Crippen molar-refractivity contribution in [3.05, 3.63) is 51.1 Å². The van der Waals surface area contributed by atoms with E-state index in [2.05, 4.69) is 32.5 Å². The molecule has 2 nitrogen and oxygen atoms in total. The van der Waals surface area contributed by atoms with Crippen LogP contribution in [0.1, 0.15) is 11.8 Å². The highest BCUT2D eigenvalue weighted by atomic mass is 79.9. The number of nitrogens with zero attached hydrogens (tertiary/aromatic N) is 1. The second kappa shape index (κ2) is 5.27. The van der Waals surface area contributed by atoms with Crippen LogP contribution in [0.15, 0.2) is 51.4 Å². The van der Waals surface area contributed by atoms with Gasteiger partial charge in [0, 0.05) is 0 Å². The molecule has 0 atom stereocenters. The van der Waals surface area contributed by atoms with Crippen LogP contribution in [-0.2, 0) is 0 Å². The highest BCUT2D eigenvalue weighted by Gasteiger charge is 2.00. The van der Waals surface area contributed by atoms with E-state index >= 15 is 0 Å². The first-order chi connectivity index (χ1) is 7.75. The standard InChI is InChI=1S/C12H11BrN2S/c1-9(11-7-8-12(13)16-11)14-15-10-5-3-2-4-6-10/h2-8,15H,1H3. The summed E-state index contributed by atoms with van der Waals surface area (Å²) in [6.45, 7) is 1.99. The Kier molecular flexibility index (Phi) is 3.74. The van der Waals surface area contributed by atoms with Gasteiger partial charge < -0.3 is 0 Å². The summed E-state index contributed by atoms with van der Waals surface area (Å²) in [4.78, 5) is 1.16. The van der Waals surface area contributed by atoms with E-state index in [0.29, 0.717) is 0 Å². The molecule has 4 heteroatoms. The molecule has 1 aromatic heterocycles. The summed E-state index contributed by atoms with van der Waals surface area (Å²) >= 11 is 5.12. The van der Waals surface area contributed by atoms with Gasteiger partial charge in [-0.05, 0) is 47.1 Å². The smallest absolute Gasteiger partial charge is 0.0748 e. The van der Waals surface area contributed by atoms with Gasteiger partial charge in [-0.25, -0.2) is 0 Å². The van der Waals surface area contributed by atoms with Crippen LogP contribution in [-0.4, -0.2) is 5.71 Å². The first-order valence-corrected chi connectivity index (χ1v) is 6.48. The van der Waals surface area contributed by atoms with Crippen molar-refractivity contribution in [2.75, 3.05) is 5.43 Å². The van der Waals surface area contributed by atoms with Crippen LogP contribution in [0, 0.1) is 0 Å². The first-order valence-electron chi connectivity index (χ1n) is 4.87. The molecule has 0 amide bonds. The monoisotopic (exact) mass is 294 g/mol. The second-order valence-electron chi connectivity index (χ2n) is 3.28. The molecule has 1 aromatic carbocycles. The zero-order chi connectivity index (χ0) is 11.4. The van der Waals surface area contributed by atoms with Gasteiger partial charge in [-0.2, -0.15) is 5.10 Å². The van der Waals surface area contributed by atoms with Crippen LogP contribution in [0.25, 0.3) is 0 Å². The maximum atomic E-state index is 4.33. The van der Waals surface area contributed by atoms with Gasteiger partial charge in [0.05, 0.1) is 20.1 Å². The van der Waals surface area contributed by atoms with Crippen LogP contribution < -0.4 is 5.43 Å². The van der Waals surface area contributed by atoms with Crippen molar-refractivity contribution in [1.29, 1.82) is 0 Å². The summed E-state index contributed by atoms with van der Waals surface area (Å²) in [7, 11) is 0.